The third kappa shape index (κ3) is 11.5. The van der Waals surface area contributed by atoms with Crippen LogP contribution in [0.15, 0.2) is 0 Å². The van der Waals surface area contributed by atoms with Crippen molar-refractivity contribution < 1.29 is 34.6 Å². The van der Waals surface area contributed by atoms with Crippen LogP contribution in [0.4, 0.5) is 0 Å². The number of ether oxygens (including phenoxy) is 3. The molecule has 0 radical (unpaired) electrons. The lowest BCUT2D eigenvalue weighted by Gasteiger charge is -2.19. The van der Waals surface area contributed by atoms with Crippen LogP contribution in [0.3, 0.4) is 0 Å². The number of aliphatic hydroxyl groups is 4. The average Bonchev–Trinajstić information content (AvgIpc) is 2.41. The lowest BCUT2D eigenvalue weighted by molar-refractivity contribution is -0.132. The first-order valence-electron chi connectivity index (χ1n) is 6.93. The first kappa shape index (κ1) is 19.7. The minimum Gasteiger partial charge on any atom is -0.396 e. The summed E-state index contributed by atoms with van der Waals surface area (Å²) in [5.74, 6) is 0. The molecule has 7 nitrogen and oxygen atoms in total. The predicted molar refractivity (Wildman–Crippen MR) is 72.2 cm³/mol. The highest BCUT2D eigenvalue weighted by Gasteiger charge is 2.13. The maximum absolute atomic E-state index is 9.15. The maximum atomic E-state index is 9.15. The van der Waals surface area contributed by atoms with Gasteiger partial charge in [-0.05, 0) is 20.3 Å². The van der Waals surface area contributed by atoms with Gasteiger partial charge in [0.2, 0.25) is 0 Å². The topological polar surface area (TPSA) is 109 Å². The molecule has 0 saturated carbocycles. The van der Waals surface area contributed by atoms with Crippen molar-refractivity contribution in [3.63, 3.8) is 0 Å². The summed E-state index contributed by atoms with van der Waals surface area (Å²) in [6.07, 6.45) is -2.38. The minimum atomic E-state index is -1.73. The van der Waals surface area contributed by atoms with Gasteiger partial charge in [0.25, 0.3) is 0 Å². The van der Waals surface area contributed by atoms with Gasteiger partial charge in [-0.3, -0.25) is 0 Å². The molecule has 0 bridgehead atoms. The van der Waals surface area contributed by atoms with E-state index in [0.717, 1.165) is 0 Å². The average molecular weight is 296 g/mol. The Labute approximate surface area is 120 Å². The Hall–Kier alpha value is -0.280. The van der Waals surface area contributed by atoms with E-state index in [4.69, 9.17) is 34.6 Å². The van der Waals surface area contributed by atoms with Crippen molar-refractivity contribution in [2.75, 3.05) is 33.0 Å². The SMILES string of the molecule is CC(COCCCO)OCC(C)OCCC(O)C(O)O. The normalized spacial score (nSPS) is 16.4. The van der Waals surface area contributed by atoms with Crippen LogP contribution in [0.1, 0.15) is 26.7 Å². The molecule has 7 heteroatoms. The summed E-state index contributed by atoms with van der Waals surface area (Å²) in [5.41, 5.74) is 0. The zero-order valence-corrected chi connectivity index (χ0v) is 12.3. The summed E-state index contributed by atoms with van der Waals surface area (Å²) >= 11 is 0. The van der Waals surface area contributed by atoms with Gasteiger partial charge >= 0.3 is 0 Å². The fourth-order valence-electron chi connectivity index (χ4n) is 1.35. The number of hydrogen-bond acceptors (Lipinski definition) is 7. The van der Waals surface area contributed by atoms with E-state index in [1.807, 2.05) is 13.8 Å². The van der Waals surface area contributed by atoms with E-state index in [1.54, 1.807) is 0 Å². The largest absolute Gasteiger partial charge is 0.396 e. The van der Waals surface area contributed by atoms with Crippen molar-refractivity contribution >= 4 is 0 Å². The number of rotatable bonds is 13. The molecule has 0 rings (SSSR count). The Balaban J connectivity index is 3.49. The lowest BCUT2D eigenvalue weighted by atomic mass is 10.2. The van der Waals surface area contributed by atoms with Gasteiger partial charge in [-0.25, -0.2) is 0 Å². The second kappa shape index (κ2) is 12.5. The van der Waals surface area contributed by atoms with Gasteiger partial charge in [0.05, 0.1) is 25.4 Å². The van der Waals surface area contributed by atoms with E-state index in [2.05, 4.69) is 0 Å². The standard InChI is InChI=1S/C13H28O7/c1-10(8-18-6-3-5-14)20-9-11(2)19-7-4-12(15)13(16)17/h10-17H,3-9H2,1-2H3. The van der Waals surface area contributed by atoms with E-state index in [0.29, 0.717) is 26.2 Å². The van der Waals surface area contributed by atoms with Crippen molar-refractivity contribution in [3.8, 4) is 0 Å². The fraction of sp³-hybridized carbons (Fsp3) is 1.00. The summed E-state index contributed by atoms with van der Waals surface area (Å²) in [4.78, 5) is 0. The van der Waals surface area contributed by atoms with E-state index in [-0.39, 0.29) is 31.8 Å². The molecule has 0 saturated heterocycles. The second-order valence-corrected chi connectivity index (χ2v) is 4.75. The minimum absolute atomic E-state index is 0.0652. The summed E-state index contributed by atoms with van der Waals surface area (Å²) < 4.78 is 16.2. The molecule has 0 aliphatic heterocycles. The van der Waals surface area contributed by atoms with Gasteiger partial charge in [0.1, 0.15) is 6.10 Å². The third-order valence-corrected chi connectivity index (χ3v) is 2.57. The number of hydrogen-bond donors (Lipinski definition) is 4. The van der Waals surface area contributed by atoms with Crippen LogP contribution >= 0.6 is 0 Å². The van der Waals surface area contributed by atoms with Crippen LogP contribution in [0, 0.1) is 0 Å². The van der Waals surface area contributed by atoms with Crippen molar-refractivity contribution in [3.05, 3.63) is 0 Å². The lowest BCUT2D eigenvalue weighted by Crippen LogP contribution is -2.28. The van der Waals surface area contributed by atoms with E-state index in [1.165, 1.54) is 0 Å². The molecule has 0 aromatic rings. The molecule has 0 aliphatic rings. The Morgan fingerprint density at radius 1 is 0.900 bits per heavy atom. The smallest absolute Gasteiger partial charge is 0.178 e. The van der Waals surface area contributed by atoms with Crippen LogP contribution in [-0.4, -0.2) is 78.1 Å². The molecule has 0 heterocycles. The molecule has 0 aromatic heterocycles. The quantitative estimate of drug-likeness (QED) is 0.262. The van der Waals surface area contributed by atoms with Gasteiger partial charge in [-0.2, -0.15) is 0 Å². The molecule has 0 aliphatic carbocycles. The molecule has 3 unspecified atom stereocenters. The van der Waals surface area contributed by atoms with Gasteiger partial charge < -0.3 is 34.6 Å². The third-order valence-electron chi connectivity index (χ3n) is 2.57. The van der Waals surface area contributed by atoms with E-state index < -0.39 is 12.4 Å². The summed E-state index contributed by atoms with van der Waals surface area (Å²) in [6, 6.07) is 0. The van der Waals surface area contributed by atoms with Gasteiger partial charge in [0, 0.05) is 26.2 Å². The van der Waals surface area contributed by atoms with Crippen LogP contribution < -0.4 is 0 Å². The molecular formula is C13H28O7. The Kier molecular flexibility index (Phi) is 12.3. The van der Waals surface area contributed by atoms with Crippen LogP contribution in [0.2, 0.25) is 0 Å². The molecule has 0 fully saturated rings. The summed E-state index contributed by atoms with van der Waals surface area (Å²) in [5, 5.41) is 35.1. The van der Waals surface area contributed by atoms with Gasteiger partial charge in [-0.15, -0.1) is 0 Å². The van der Waals surface area contributed by atoms with Crippen molar-refractivity contribution in [2.45, 2.75) is 51.3 Å². The Morgan fingerprint density at radius 2 is 1.55 bits per heavy atom. The highest BCUT2D eigenvalue weighted by atomic mass is 16.6. The zero-order chi connectivity index (χ0) is 15.4. The zero-order valence-electron chi connectivity index (χ0n) is 12.3. The van der Waals surface area contributed by atoms with Crippen molar-refractivity contribution in [2.24, 2.45) is 0 Å². The highest BCUT2D eigenvalue weighted by Crippen LogP contribution is 2.02. The molecule has 3 atom stereocenters. The molecule has 4 N–H and O–H groups in total. The monoisotopic (exact) mass is 296 g/mol. The highest BCUT2D eigenvalue weighted by molar-refractivity contribution is 4.57. The van der Waals surface area contributed by atoms with Gasteiger partial charge in [-0.1, -0.05) is 0 Å². The first-order chi connectivity index (χ1) is 9.47. The molecule has 0 aromatic carbocycles. The van der Waals surface area contributed by atoms with Crippen molar-refractivity contribution in [1.29, 1.82) is 0 Å². The van der Waals surface area contributed by atoms with Gasteiger partial charge in [0.15, 0.2) is 6.29 Å². The molecule has 0 spiro atoms. The maximum Gasteiger partial charge on any atom is 0.178 e. The summed E-state index contributed by atoms with van der Waals surface area (Å²) in [7, 11) is 0. The van der Waals surface area contributed by atoms with Crippen molar-refractivity contribution in [1.82, 2.24) is 0 Å². The van der Waals surface area contributed by atoms with Crippen LogP contribution in [0.25, 0.3) is 0 Å². The fourth-order valence-corrected chi connectivity index (χ4v) is 1.35. The molecule has 20 heavy (non-hydrogen) atoms. The van der Waals surface area contributed by atoms with Crippen LogP contribution in [0.5, 0.6) is 0 Å². The Morgan fingerprint density at radius 3 is 2.15 bits per heavy atom. The second-order valence-electron chi connectivity index (χ2n) is 4.75. The molecule has 0 amide bonds. The Bertz CT molecular complexity index is 213. The van der Waals surface area contributed by atoms with E-state index >= 15 is 0 Å². The molecular weight excluding hydrogens is 268 g/mol. The summed E-state index contributed by atoms with van der Waals surface area (Å²) in [6.45, 7) is 5.43. The molecule has 122 valence electrons. The van der Waals surface area contributed by atoms with Crippen LogP contribution in [-0.2, 0) is 14.2 Å². The predicted octanol–water partition coefficient (Wildman–Crippen LogP) is -0.743. The number of aliphatic hydroxyl groups excluding tert-OH is 3. The van der Waals surface area contributed by atoms with E-state index in [9.17, 15) is 0 Å². The first-order valence-corrected chi connectivity index (χ1v) is 6.93.